The second kappa shape index (κ2) is 4.77. The molecule has 0 aliphatic carbocycles. The molecular weight excluding hydrogens is 188 g/mol. The van der Waals surface area contributed by atoms with Crippen LogP contribution in [0.2, 0.25) is 0 Å². The molecule has 4 heteroatoms. The lowest BCUT2D eigenvalue weighted by Crippen LogP contribution is -2.52. The highest BCUT2D eigenvalue weighted by Gasteiger charge is 2.25. The predicted octanol–water partition coefficient (Wildman–Crippen LogP) is 0.883. The zero-order valence-electron chi connectivity index (χ0n) is 10.1. The van der Waals surface area contributed by atoms with Crippen molar-refractivity contribution < 1.29 is 0 Å². The van der Waals surface area contributed by atoms with Crippen molar-refractivity contribution >= 4 is 0 Å². The maximum atomic E-state index is 5.79. The Balaban J connectivity index is 2.55. The second-order valence-corrected chi connectivity index (χ2v) is 4.65. The molecule has 0 spiro atoms. The first-order valence-corrected chi connectivity index (χ1v) is 5.40. The Morgan fingerprint density at radius 3 is 2.67 bits per heavy atom. The van der Waals surface area contributed by atoms with Crippen LogP contribution in [-0.2, 0) is 13.6 Å². The van der Waals surface area contributed by atoms with Gasteiger partial charge in [0.2, 0.25) is 0 Å². The van der Waals surface area contributed by atoms with Gasteiger partial charge in [0, 0.05) is 37.4 Å². The first-order chi connectivity index (χ1) is 6.98. The number of nitrogens with two attached hydrogens (primary N) is 1. The molecule has 0 amide bonds. The molecule has 4 nitrogen and oxygen atoms in total. The van der Waals surface area contributed by atoms with Crippen LogP contribution >= 0.6 is 0 Å². The average Bonchev–Trinajstić information content (AvgIpc) is 2.60. The number of nitrogens with one attached hydrogen (secondary N) is 1. The minimum Gasteiger partial charge on any atom is -0.329 e. The van der Waals surface area contributed by atoms with E-state index in [1.54, 1.807) is 0 Å². The number of aryl methyl sites for hydroxylation is 1. The topological polar surface area (TPSA) is 55.9 Å². The van der Waals surface area contributed by atoms with E-state index in [1.165, 1.54) is 5.56 Å². The largest absolute Gasteiger partial charge is 0.329 e. The van der Waals surface area contributed by atoms with Gasteiger partial charge in [-0.2, -0.15) is 5.10 Å². The number of rotatable bonds is 5. The lowest BCUT2D eigenvalue weighted by molar-refractivity contribution is 0.267. The highest BCUT2D eigenvalue weighted by molar-refractivity contribution is 5.04. The third-order valence-corrected chi connectivity index (χ3v) is 3.15. The summed E-state index contributed by atoms with van der Waals surface area (Å²) in [5, 5.41) is 7.63. The maximum absolute atomic E-state index is 5.79. The highest BCUT2D eigenvalue weighted by Crippen LogP contribution is 2.15. The van der Waals surface area contributed by atoms with Crippen LogP contribution in [0.1, 0.15) is 26.3 Å². The van der Waals surface area contributed by atoms with Crippen LogP contribution in [0.3, 0.4) is 0 Å². The molecule has 1 heterocycles. The molecule has 0 radical (unpaired) electrons. The van der Waals surface area contributed by atoms with Crippen LogP contribution in [0.15, 0.2) is 12.4 Å². The molecule has 1 rings (SSSR count). The zero-order valence-corrected chi connectivity index (χ0v) is 10.1. The fourth-order valence-electron chi connectivity index (χ4n) is 1.38. The summed E-state index contributed by atoms with van der Waals surface area (Å²) in [7, 11) is 1.92. The summed E-state index contributed by atoms with van der Waals surface area (Å²) in [6.45, 7) is 7.99. The molecule has 0 aliphatic heterocycles. The minimum atomic E-state index is -0.00413. The van der Waals surface area contributed by atoms with E-state index in [0.29, 0.717) is 12.5 Å². The van der Waals surface area contributed by atoms with Gasteiger partial charge in [0.15, 0.2) is 0 Å². The SMILES string of the molecule is CC(C)C(C)(CN)NCc1cnn(C)c1. The van der Waals surface area contributed by atoms with E-state index in [0.717, 1.165) is 6.54 Å². The van der Waals surface area contributed by atoms with Crippen LogP contribution in [0.4, 0.5) is 0 Å². The van der Waals surface area contributed by atoms with Gasteiger partial charge in [0.05, 0.1) is 6.20 Å². The molecule has 0 aromatic carbocycles. The third-order valence-electron chi connectivity index (χ3n) is 3.15. The molecule has 3 N–H and O–H groups in total. The monoisotopic (exact) mass is 210 g/mol. The van der Waals surface area contributed by atoms with Crippen molar-refractivity contribution in [3.63, 3.8) is 0 Å². The molecule has 1 aromatic heterocycles. The second-order valence-electron chi connectivity index (χ2n) is 4.65. The summed E-state index contributed by atoms with van der Waals surface area (Å²) in [6.07, 6.45) is 3.90. The average molecular weight is 210 g/mol. The molecule has 0 fully saturated rings. The molecule has 1 atom stereocenters. The lowest BCUT2D eigenvalue weighted by Gasteiger charge is -2.33. The summed E-state index contributed by atoms with van der Waals surface area (Å²) < 4.78 is 1.81. The van der Waals surface area contributed by atoms with Crippen molar-refractivity contribution in [3.05, 3.63) is 18.0 Å². The van der Waals surface area contributed by atoms with Crippen molar-refractivity contribution in [1.82, 2.24) is 15.1 Å². The highest BCUT2D eigenvalue weighted by atomic mass is 15.2. The van der Waals surface area contributed by atoms with Gasteiger partial charge in [-0.3, -0.25) is 4.68 Å². The fraction of sp³-hybridized carbons (Fsp3) is 0.727. The Morgan fingerprint density at radius 1 is 1.60 bits per heavy atom. The molecule has 0 saturated carbocycles. The fourth-order valence-corrected chi connectivity index (χ4v) is 1.38. The minimum absolute atomic E-state index is 0.00413. The Labute approximate surface area is 91.8 Å². The Hall–Kier alpha value is -0.870. The summed E-state index contributed by atoms with van der Waals surface area (Å²) >= 11 is 0. The van der Waals surface area contributed by atoms with Crippen molar-refractivity contribution in [1.29, 1.82) is 0 Å². The molecule has 86 valence electrons. The van der Waals surface area contributed by atoms with Gasteiger partial charge in [-0.1, -0.05) is 13.8 Å². The normalized spacial score (nSPS) is 15.6. The van der Waals surface area contributed by atoms with E-state index in [9.17, 15) is 0 Å². The van der Waals surface area contributed by atoms with Crippen molar-refractivity contribution in [2.24, 2.45) is 18.7 Å². The van der Waals surface area contributed by atoms with E-state index in [-0.39, 0.29) is 5.54 Å². The summed E-state index contributed by atoms with van der Waals surface area (Å²) in [5.41, 5.74) is 6.98. The smallest absolute Gasteiger partial charge is 0.0534 e. The first-order valence-electron chi connectivity index (χ1n) is 5.40. The van der Waals surface area contributed by atoms with Gasteiger partial charge in [-0.05, 0) is 12.8 Å². The number of nitrogens with zero attached hydrogens (tertiary/aromatic N) is 2. The summed E-state index contributed by atoms with van der Waals surface area (Å²) in [4.78, 5) is 0. The first kappa shape index (κ1) is 12.2. The molecule has 0 aliphatic rings. The van der Waals surface area contributed by atoms with Crippen LogP contribution in [0, 0.1) is 5.92 Å². The number of hydrogen-bond donors (Lipinski definition) is 2. The van der Waals surface area contributed by atoms with E-state index in [2.05, 4.69) is 31.2 Å². The van der Waals surface area contributed by atoms with Crippen molar-refractivity contribution in [2.75, 3.05) is 6.54 Å². The van der Waals surface area contributed by atoms with E-state index in [1.807, 2.05) is 24.1 Å². The van der Waals surface area contributed by atoms with Gasteiger partial charge < -0.3 is 11.1 Å². The van der Waals surface area contributed by atoms with Gasteiger partial charge in [0.25, 0.3) is 0 Å². The molecule has 1 aromatic rings. The Bertz CT molecular complexity index is 305. The number of hydrogen-bond acceptors (Lipinski definition) is 3. The quantitative estimate of drug-likeness (QED) is 0.758. The maximum Gasteiger partial charge on any atom is 0.0534 e. The van der Waals surface area contributed by atoms with Crippen LogP contribution < -0.4 is 11.1 Å². The van der Waals surface area contributed by atoms with Gasteiger partial charge in [0.1, 0.15) is 0 Å². The van der Waals surface area contributed by atoms with Crippen LogP contribution in [0.5, 0.6) is 0 Å². The standard InChI is InChI=1S/C11H22N4/c1-9(2)11(3,8-12)13-5-10-6-14-15(4)7-10/h6-7,9,13H,5,8,12H2,1-4H3. The molecule has 15 heavy (non-hydrogen) atoms. The summed E-state index contributed by atoms with van der Waals surface area (Å²) in [6, 6.07) is 0. The van der Waals surface area contributed by atoms with Gasteiger partial charge in [-0.25, -0.2) is 0 Å². The van der Waals surface area contributed by atoms with Gasteiger partial charge in [-0.15, -0.1) is 0 Å². The molecule has 0 bridgehead atoms. The lowest BCUT2D eigenvalue weighted by atomic mass is 9.88. The third kappa shape index (κ3) is 3.04. The van der Waals surface area contributed by atoms with E-state index in [4.69, 9.17) is 5.73 Å². The van der Waals surface area contributed by atoms with E-state index >= 15 is 0 Å². The molecule has 0 saturated heterocycles. The summed E-state index contributed by atoms with van der Waals surface area (Å²) in [5.74, 6) is 0.513. The van der Waals surface area contributed by atoms with Crippen molar-refractivity contribution in [2.45, 2.75) is 32.9 Å². The van der Waals surface area contributed by atoms with Crippen molar-refractivity contribution in [3.8, 4) is 0 Å². The Morgan fingerprint density at radius 2 is 2.27 bits per heavy atom. The van der Waals surface area contributed by atoms with Gasteiger partial charge >= 0.3 is 0 Å². The Kier molecular flexibility index (Phi) is 3.88. The predicted molar refractivity (Wildman–Crippen MR) is 62.3 cm³/mol. The van der Waals surface area contributed by atoms with E-state index < -0.39 is 0 Å². The van der Waals surface area contributed by atoms with Crippen LogP contribution in [-0.4, -0.2) is 21.9 Å². The molecule has 1 unspecified atom stereocenters. The van der Waals surface area contributed by atoms with Crippen LogP contribution in [0.25, 0.3) is 0 Å². The number of aromatic nitrogens is 2. The molecular formula is C11H22N4. The zero-order chi connectivity index (χ0) is 11.5.